The van der Waals surface area contributed by atoms with Crippen LogP contribution < -0.4 is 4.90 Å². The number of carbonyl (C=O) groups excluding carboxylic acids is 2. The van der Waals surface area contributed by atoms with Crippen molar-refractivity contribution in [2.75, 3.05) is 4.90 Å². The van der Waals surface area contributed by atoms with E-state index in [0.717, 1.165) is 24.9 Å². The van der Waals surface area contributed by atoms with Crippen molar-refractivity contribution >= 4 is 61.2 Å². The molecule has 0 radical (unpaired) electrons. The lowest BCUT2D eigenvalue weighted by molar-refractivity contribution is -0.122. The van der Waals surface area contributed by atoms with Crippen LogP contribution in [0.1, 0.15) is 11.3 Å². The van der Waals surface area contributed by atoms with Gasteiger partial charge < -0.3 is 0 Å². The minimum Gasteiger partial charge on any atom is -0.274 e. The number of imide groups is 1. The number of carbonyl (C=O) groups is 2. The first-order valence-electron chi connectivity index (χ1n) is 10.5. The minimum absolute atomic E-state index is 0.00896. The van der Waals surface area contributed by atoms with Crippen LogP contribution in [0.15, 0.2) is 89.1 Å². The van der Waals surface area contributed by atoms with Gasteiger partial charge in [0.25, 0.3) is 5.91 Å². The Hall–Kier alpha value is -3.04. The number of rotatable bonds is 6. The predicted octanol–water partition coefficient (Wildman–Crippen LogP) is 5.08. The standard InChI is InChI=1S/C25H19ClN2O4S2/c26-19-8-10-20(11-9-19)28-24(29)15-23(25(28)30)27(16-21-6-3-13-33-21)34(31,32)22-12-7-17-4-1-2-5-18(17)14-22/h1-14,23H,15-16H2. The topological polar surface area (TPSA) is 74.8 Å². The Bertz CT molecular complexity index is 1490. The highest BCUT2D eigenvalue weighted by atomic mass is 35.5. The number of anilines is 1. The molecule has 2 heterocycles. The number of benzene rings is 3. The average molecular weight is 511 g/mol. The fourth-order valence-corrected chi connectivity index (χ4v) is 6.59. The number of sulfonamides is 1. The summed E-state index contributed by atoms with van der Waals surface area (Å²) in [5.41, 5.74) is 0.362. The molecule has 34 heavy (non-hydrogen) atoms. The summed E-state index contributed by atoms with van der Waals surface area (Å²) in [6, 6.07) is 21.1. The summed E-state index contributed by atoms with van der Waals surface area (Å²) in [5.74, 6) is -1.03. The predicted molar refractivity (Wildman–Crippen MR) is 133 cm³/mol. The van der Waals surface area contributed by atoms with Gasteiger partial charge in [0, 0.05) is 16.4 Å². The number of hydrogen-bond acceptors (Lipinski definition) is 5. The van der Waals surface area contributed by atoms with E-state index < -0.39 is 27.9 Å². The molecule has 1 atom stereocenters. The van der Waals surface area contributed by atoms with E-state index in [-0.39, 0.29) is 17.9 Å². The van der Waals surface area contributed by atoms with E-state index in [1.165, 1.54) is 17.4 Å². The molecule has 0 aliphatic carbocycles. The first-order chi connectivity index (χ1) is 16.3. The van der Waals surface area contributed by atoms with E-state index in [1.807, 2.05) is 41.8 Å². The molecular formula is C25H19ClN2O4S2. The fraction of sp³-hybridized carbons (Fsp3) is 0.120. The second kappa shape index (κ2) is 8.96. The molecule has 172 valence electrons. The van der Waals surface area contributed by atoms with Gasteiger partial charge in [-0.15, -0.1) is 11.3 Å². The molecule has 9 heteroatoms. The lowest BCUT2D eigenvalue weighted by Crippen LogP contribution is -2.44. The third kappa shape index (κ3) is 4.14. The van der Waals surface area contributed by atoms with E-state index in [0.29, 0.717) is 10.7 Å². The molecule has 0 spiro atoms. The van der Waals surface area contributed by atoms with Crippen molar-refractivity contribution < 1.29 is 18.0 Å². The number of nitrogens with zero attached hydrogens (tertiary/aromatic N) is 2. The number of hydrogen-bond donors (Lipinski definition) is 0. The van der Waals surface area contributed by atoms with E-state index >= 15 is 0 Å². The van der Waals surface area contributed by atoms with Crippen LogP contribution in [0.4, 0.5) is 5.69 Å². The SMILES string of the molecule is O=C1CC(N(Cc2cccs2)S(=O)(=O)c2ccc3ccccc3c2)C(=O)N1c1ccc(Cl)cc1. The van der Waals surface area contributed by atoms with Gasteiger partial charge in [-0.3, -0.25) is 9.59 Å². The minimum atomic E-state index is -4.10. The average Bonchev–Trinajstić information content (AvgIpc) is 3.45. The molecule has 2 amide bonds. The number of halogens is 1. The number of amides is 2. The first kappa shape index (κ1) is 22.7. The Balaban J connectivity index is 1.56. The molecule has 1 aliphatic rings. The van der Waals surface area contributed by atoms with Gasteiger partial charge in [0.05, 0.1) is 17.0 Å². The summed E-state index contributed by atoms with van der Waals surface area (Å²) in [6.45, 7) is -0.00896. The molecule has 6 nitrogen and oxygen atoms in total. The smallest absolute Gasteiger partial charge is 0.252 e. The second-order valence-electron chi connectivity index (χ2n) is 7.90. The van der Waals surface area contributed by atoms with Gasteiger partial charge in [-0.25, -0.2) is 13.3 Å². The zero-order valence-corrected chi connectivity index (χ0v) is 20.2. The fourth-order valence-electron chi connectivity index (χ4n) is 4.08. The molecule has 1 unspecified atom stereocenters. The van der Waals surface area contributed by atoms with Gasteiger partial charge in [-0.05, 0) is 58.6 Å². The zero-order chi connectivity index (χ0) is 23.9. The Kier molecular flexibility index (Phi) is 5.99. The summed E-state index contributed by atoms with van der Waals surface area (Å²) in [4.78, 5) is 28.2. The van der Waals surface area contributed by atoms with Crippen molar-refractivity contribution in [2.45, 2.75) is 23.9 Å². The number of fused-ring (bicyclic) bond motifs is 1. The quantitative estimate of drug-likeness (QED) is 0.339. The molecule has 3 aromatic carbocycles. The van der Waals surface area contributed by atoms with Crippen LogP contribution in [-0.2, 0) is 26.2 Å². The van der Waals surface area contributed by atoms with E-state index in [2.05, 4.69) is 0 Å². The molecule has 1 fully saturated rings. The van der Waals surface area contributed by atoms with Crippen LogP contribution >= 0.6 is 22.9 Å². The maximum atomic E-state index is 13.9. The largest absolute Gasteiger partial charge is 0.274 e. The maximum absolute atomic E-state index is 13.9. The maximum Gasteiger partial charge on any atom is 0.252 e. The Morgan fingerprint density at radius 2 is 1.68 bits per heavy atom. The lowest BCUT2D eigenvalue weighted by atomic mass is 10.1. The third-order valence-corrected chi connectivity index (χ3v) is 8.74. The summed E-state index contributed by atoms with van der Waals surface area (Å²) in [5, 5.41) is 4.00. The van der Waals surface area contributed by atoms with Crippen molar-refractivity contribution in [1.29, 1.82) is 0 Å². The van der Waals surface area contributed by atoms with Gasteiger partial charge in [0.1, 0.15) is 6.04 Å². The highest BCUT2D eigenvalue weighted by molar-refractivity contribution is 7.89. The van der Waals surface area contributed by atoms with E-state index in [1.54, 1.807) is 36.4 Å². The molecule has 5 rings (SSSR count). The van der Waals surface area contributed by atoms with Crippen molar-refractivity contribution in [3.63, 3.8) is 0 Å². The molecular weight excluding hydrogens is 492 g/mol. The van der Waals surface area contributed by atoms with Gasteiger partial charge in [0.15, 0.2) is 0 Å². The van der Waals surface area contributed by atoms with Crippen LogP contribution in [0.2, 0.25) is 5.02 Å². The second-order valence-corrected chi connectivity index (χ2v) is 11.3. The van der Waals surface area contributed by atoms with Crippen molar-refractivity contribution in [1.82, 2.24) is 4.31 Å². The molecule has 0 bridgehead atoms. The normalized spacial score (nSPS) is 16.6. The molecule has 1 aromatic heterocycles. The van der Waals surface area contributed by atoms with Gasteiger partial charge in [0.2, 0.25) is 15.9 Å². The van der Waals surface area contributed by atoms with Crippen LogP contribution in [-0.4, -0.2) is 30.6 Å². The van der Waals surface area contributed by atoms with E-state index in [4.69, 9.17) is 11.6 Å². The summed E-state index contributed by atoms with van der Waals surface area (Å²) >= 11 is 7.34. The molecule has 1 saturated heterocycles. The van der Waals surface area contributed by atoms with Crippen LogP contribution in [0, 0.1) is 0 Å². The van der Waals surface area contributed by atoms with Crippen molar-refractivity contribution in [3.05, 3.63) is 94.1 Å². The summed E-state index contributed by atoms with van der Waals surface area (Å²) in [7, 11) is -4.10. The van der Waals surface area contributed by atoms with Crippen molar-refractivity contribution in [3.8, 4) is 0 Å². The summed E-state index contributed by atoms with van der Waals surface area (Å²) < 4.78 is 28.9. The van der Waals surface area contributed by atoms with Gasteiger partial charge >= 0.3 is 0 Å². The number of thiophene rings is 1. The van der Waals surface area contributed by atoms with Gasteiger partial charge in [-0.1, -0.05) is 48.0 Å². The summed E-state index contributed by atoms with van der Waals surface area (Å²) in [6.07, 6.45) is -0.236. The Morgan fingerprint density at radius 1 is 0.941 bits per heavy atom. The Morgan fingerprint density at radius 3 is 2.38 bits per heavy atom. The van der Waals surface area contributed by atoms with Gasteiger partial charge in [-0.2, -0.15) is 4.31 Å². The molecule has 0 saturated carbocycles. The molecule has 0 N–H and O–H groups in total. The Labute approximate surface area is 206 Å². The van der Waals surface area contributed by atoms with E-state index in [9.17, 15) is 18.0 Å². The zero-order valence-electron chi connectivity index (χ0n) is 17.8. The van der Waals surface area contributed by atoms with Crippen LogP contribution in [0.25, 0.3) is 10.8 Å². The highest BCUT2D eigenvalue weighted by Crippen LogP contribution is 2.32. The third-order valence-electron chi connectivity index (χ3n) is 5.77. The molecule has 1 aliphatic heterocycles. The lowest BCUT2D eigenvalue weighted by Gasteiger charge is -2.26. The highest BCUT2D eigenvalue weighted by Gasteiger charge is 2.47. The van der Waals surface area contributed by atoms with Crippen molar-refractivity contribution in [2.24, 2.45) is 0 Å². The monoisotopic (exact) mass is 510 g/mol. The first-order valence-corrected chi connectivity index (χ1v) is 13.2. The molecule has 4 aromatic rings. The van der Waals surface area contributed by atoms with Crippen LogP contribution in [0.5, 0.6) is 0 Å². The van der Waals surface area contributed by atoms with Crippen LogP contribution in [0.3, 0.4) is 0 Å².